The molecule has 39 heavy (non-hydrogen) atoms. The van der Waals surface area contributed by atoms with Crippen molar-refractivity contribution in [3.63, 3.8) is 0 Å². The lowest BCUT2D eigenvalue weighted by Gasteiger charge is -2.32. The number of ether oxygens (including phenoxy) is 1. The van der Waals surface area contributed by atoms with Gasteiger partial charge in [0.15, 0.2) is 17.2 Å². The number of halogens is 5. The molecule has 13 heteroatoms. The van der Waals surface area contributed by atoms with E-state index in [1.807, 2.05) is 20.8 Å². The number of carbonyl (C=O) groups is 1. The van der Waals surface area contributed by atoms with Crippen LogP contribution in [0, 0.1) is 17.6 Å². The summed E-state index contributed by atoms with van der Waals surface area (Å²) in [7, 11) is -2.12. The van der Waals surface area contributed by atoms with Crippen molar-refractivity contribution in [2.24, 2.45) is 5.92 Å². The lowest BCUT2D eigenvalue weighted by atomic mass is 9.77. The van der Waals surface area contributed by atoms with Gasteiger partial charge in [0.25, 0.3) is 5.91 Å². The number of aromatic nitrogens is 1. The molecule has 216 valence electrons. The average molecular weight is 578 g/mol. The van der Waals surface area contributed by atoms with Crippen molar-refractivity contribution in [3.05, 3.63) is 53.4 Å². The topological polar surface area (TPSA) is 101 Å². The lowest BCUT2D eigenvalue weighted by Crippen LogP contribution is -2.47. The summed E-state index contributed by atoms with van der Waals surface area (Å²) in [4.78, 5) is 16.8. The highest BCUT2D eigenvalue weighted by Gasteiger charge is 2.65. The Kier molecular flexibility index (Phi) is 8.90. The highest BCUT2D eigenvalue weighted by atomic mass is 32.2. The fraction of sp³-hybridized carbons (Fsp3) is 0.538. The van der Waals surface area contributed by atoms with Gasteiger partial charge >= 0.3 is 6.18 Å². The number of carbonyl (C=O) groups excluding carboxylic acids is 1. The molecule has 1 unspecified atom stereocenters. The van der Waals surface area contributed by atoms with Crippen LogP contribution in [0.3, 0.4) is 0 Å². The molecule has 2 aromatic rings. The van der Waals surface area contributed by atoms with Crippen molar-refractivity contribution in [1.82, 2.24) is 10.3 Å². The summed E-state index contributed by atoms with van der Waals surface area (Å²) in [5.41, 5.74) is -2.86. The maximum Gasteiger partial charge on any atom is 0.417 e. The number of benzene rings is 1. The van der Waals surface area contributed by atoms with Crippen molar-refractivity contribution in [1.29, 1.82) is 0 Å². The molecule has 1 aromatic carbocycles. The van der Waals surface area contributed by atoms with E-state index < -0.39 is 69.1 Å². The molecule has 0 radical (unpaired) electrons. The number of amides is 1. The van der Waals surface area contributed by atoms with Gasteiger partial charge in [0.05, 0.1) is 33.3 Å². The van der Waals surface area contributed by atoms with Gasteiger partial charge in [0.2, 0.25) is 0 Å². The van der Waals surface area contributed by atoms with E-state index in [-0.39, 0.29) is 23.3 Å². The largest absolute Gasteiger partial charge is 0.417 e. The maximum absolute atomic E-state index is 14.7. The minimum Gasteiger partial charge on any atom is -0.385 e. The van der Waals surface area contributed by atoms with Crippen LogP contribution in [0.4, 0.5) is 27.6 Å². The smallest absolute Gasteiger partial charge is 0.385 e. The average Bonchev–Trinajstić information content (AvgIpc) is 3.10. The highest BCUT2D eigenvalue weighted by molar-refractivity contribution is 7.84. The van der Waals surface area contributed by atoms with Crippen molar-refractivity contribution >= 4 is 22.4 Å². The number of hydrogen-bond acceptors (Lipinski definition) is 6. The van der Waals surface area contributed by atoms with E-state index in [0.29, 0.717) is 11.8 Å². The minimum absolute atomic E-state index is 0.111. The van der Waals surface area contributed by atoms with Crippen LogP contribution in [0.15, 0.2) is 35.4 Å². The first kappa shape index (κ1) is 31.1. The molecule has 6 atom stereocenters. The highest BCUT2D eigenvalue weighted by Crippen LogP contribution is 2.54. The Labute approximate surface area is 226 Å². The summed E-state index contributed by atoms with van der Waals surface area (Å²) >= 11 is 0. The summed E-state index contributed by atoms with van der Waals surface area (Å²) < 4.78 is 88.6. The third-order valence-corrected chi connectivity index (χ3v) is 7.86. The number of nitrogens with one attached hydrogen (secondary N) is 2. The van der Waals surface area contributed by atoms with Gasteiger partial charge in [-0.25, -0.2) is 8.78 Å². The number of hydrogen-bond donors (Lipinski definition) is 3. The predicted octanol–water partition coefficient (Wildman–Crippen LogP) is 4.60. The van der Waals surface area contributed by atoms with E-state index in [4.69, 9.17) is 4.74 Å². The second-order valence-electron chi connectivity index (χ2n) is 10.8. The van der Waals surface area contributed by atoms with Crippen molar-refractivity contribution in [2.75, 3.05) is 18.1 Å². The molecule has 1 aromatic heterocycles. The summed E-state index contributed by atoms with van der Waals surface area (Å²) in [6, 6.07) is 4.62. The number of rotatable bonds is 7. The number of nitrogens with zero attached hydrogens (tertiary/aromatic N) is 1. The van der Waals surface area contributed by atoms with Crippen LogP contribution in [-0.4, -0.2) is 56.4 Å². The standard InChI is InChI=1S/C26H32F5N3O4S/c1-13-19(15-8-9-16(27)20(28)22(15)39(6)37)21(38-25(13,5)26(29,30)31)23(36)34-14-7-10-17(32-11-14)18(35)12-33-24(2,3)4/h7-11,13,18-19,21,33,35H,12H2,1-6H3,(H,34,36)/t13-,18-,19-,21+,25+,39?/m0/s1. The normalized spacial score (nSPS) is 25.4. The Morgan fingerprint density at radius 1 is 1.21 bits per heavy atom. The van der Waals surface area contributed by atoms with Gasteiger partial charge in [0.1, 0.15) is 12.2 Å². The summed E-state index contributed by atoms with van der Waals surface area (Å²) in [6.45, 7) is 7.97. The number of aliphatic hydroxyl groups excluding tert-OH is 1. The van der Waals surface area contributed by atoms with Gasteiger partial charge < -0.3 is 20.5 Å². The van der Waals surface area contributed by atoms with Crippen LogP contribution in [0.2, 0.25) is 0 Å². The summed E-state index contributed by atoms with van der Waals surface area (Å²) in [5.74, 6) is -6.61. The van der Waals surface area contributed by atoms with Crippen LogP contribution in [0.1, 0.15) is 57.9 Å². The molecule has 1 fully saturated rings. The molecule has 3 N–H and O–H groups in total. The predicted molar refractivity (Wildman–Crippen MR) is 136 cm³/mol. The van der Waals surface area contributed by atoms with Gasteiger partial charge in [-0.05, 0) is 51.5 Å². The van der Waals surface area contributed by atoms with Crippen LogP contribution in [0.25, 0.3) is 0 Å². The number of pyridine rings is 1. The van der Waals surface area contributed by atoms with E-state index in [1.165, 1.54) is 25.3 Å². The molecule has 3 rings (SSSR count). The number of β-amino-alcohol motifs (C(OH)–C–C–N with tert-alkyl or cyclic N) is 1. The van der Waals surface area contributed by atoms with Crippen LogP contribution in [0.5, 0.6) is 0 Å². The third kappa shape index (κ3) is 6.47. The zero-order valence-corrected chi connectivity index (χ0v) is 23.1. The zero-order chi connectivity index (χ0) is 29.5. The first-order valence-corrected chi connectivity index (χ1v) is 13.7. The van der Waals surface area contributed by atoms with E-state index in [2.05, 4.69) is 15.6 Å². The molecule has 2 heterocycles. The molecule has 1 aliphatic rings. The molecule has 0 aliphatic carbocycles. The van der Waals surface area contributed by atoms with E-state index >= 15 is 0 Å². The number of anilines is 1. The van der Waals surface area contributed by atoms with Crippen LogP contribution < -0.4 is 10.6 Å². The van der Waals surface area contributed by atoms with Gasteiger partial charge in [-0.1, -0.05) is 13.0 Å². The van der Waals surface area contributed by atoms with E-state index in [9.17, 15) is 36.1 Å². The molecule has 0 saturated carbocycles. The van der Waals surface area contributed by atoms with Gasteiger partial charge in [-0.3, -0.25) is 14.0 Å². The maximum atomic E-state index is 14.7. The van der Waals surface area contributed by atoms with Crippen molar-refractivity contribution in [2.45, 2.75) is 75.0 Å². The van der Waals surface area contributed by atoms with Gasteiger partial charge in [-0.15, -0.1) is 0 Å². The monoisotopic (exact) mass is 577 g/mol. The fourth-order valence-electron chi connectivity index (χ4n) is 4.52. The second kappa shape index (κ2) is 11.2. The van der Waals surface area contributed by atoms with Gasteiger partial charge in [0, 0.05) is 30.2 Å². The van der Waals surface area contributed by atoms with Crippen molar-refractivity contribution < 1.29 is 40.8 Å². The third-order valence-electron chi connectivity index (χ3n) is 6.87. The Morgan fingerprint density at radius 3 is 2.36 bits per heavy atom. The molecule has 0 bridgehead atoms. The lowest BCUT2D eigenvalue weighted by molar-refractivity contribution is -0.272. The minimum atomic E-state index is -4.91. The van der Waals surface area contributed by atoms with E-state index in [0.717, 1.165) is 19.2 Å². The zero-order valence-electron chi connectivity index (χ0n) is 22.3. The SMILES string of the molecule is C[C@H]1[C@@H](c2ccc(F)c(F)c2S(C)=O)[C@H](C(=O)Nc2ccc([C@@H](O)CNC(C)(C)C)nc2)O[C@@]1(C)C(F)(F)F. The molecule has 7 nitrogen and oxygen atoms in total. The molecular weight excluding hydrogens is 545 g/mol. The second-order valence-corrected chi connectivity index (χ2v) is 12.1. The fourth-order valence-corrected chi connectivity index (χ4v) is 5.41. The molecule has 1 aliphatic heterocycles. The summed E-state index contributed by atoms with van der Waals surface area (Å²) in [5, 5.41) is 15.9. The first-order valence-electron chi connectivity index (χ1n) is 12.1. The Hall–Kier alpha value is -2.48. The summed E-state index contributed by atoms with van der Waals surface area (Å²) in [6.07, 6.45) is -5.36. The van der Waals surface area contributed by atoms with Crippen LogP contribution >= 0.6 is 0 Å². The van der Waals surface area contributed by atoms with Gasteiger partial charge in [-0.2, -0.15) is 13.2 Å². The Balaban J connectivity index is 1.94. The Morgan fingerprint density at radius 2 is 1.85 bits per heavy atom. The molecule has 1 amide bonds. The number of aliphatic hydroxyl groups is 1. The molecule has 0 spiro atoms. The number of alkyl halides is 3. The quantitative estimate of drug-likeness (QED) is 0.416. The van der Waals surface area contributed by atoms with Crippen molar-refractivity contribution in [3.8, 4) is 0 Å². The molecular formula is C26H32F5N3O4S. The van der Waals surface area contributed by atoms with E-state index in [1.54, 1.807) is 0 Å². The Bertz CT molecular complexity index is 1240. The first-order chi connectivity index (χ1) is 17.9. The van der Waals surface area contributed by atoms with Crippen LogP contribution in [-0.2, 0) is 20.3 Å². The molecule has 1 saturated heterocycles.